The molecule has 0 aliphatic carbocycles. The average Bonchev–Trinajstić information content (AvgIpc) is 2.95. The first-order chi connectivity index (χ1) is 9.07. The van der Waals surface area contributed by atoms with Crippen molar-refractivity contribution in [2.75, 3.05) is 18.4 Å². The predicted octanol–water partition coefficient (Wildman–Crippen LogP) is 1.81. The van der Waals surface area contributed by atoms with Gasteiger partial charge < -0.3 is 15.6 Å². The van der Waals surface area contributed by atoms with E-state index in [-0.39, 0.29) is 11.3 Å². The number of hydrogen-bond acceptors (Lipinski definition) is 3. The van der Waals surface area contributed by atoms with Gasteiger partial charge in [-0.25, -0.2) is 4.98 Å². The number of benzene rings is 1. The number of carbonyl (C=O) groups excluding carboxylic acids is 1. The Morgan fingerprint density at radius 3 is 3.05 bits per heavy atom. The van der Waals surface area contributed by atoms with E-state index < -0.39 is 0 Å². The summed E-state index contributed by atoms with van der Waals surface area (Å²) in [4.78, 5) is 19.8. The first kappa shape index (κ1) is 12.2. The molecule has 5 nitrogen and oxygen atoms in total. The minimum absolute atomic E-state index is 0.0769. The second kappa shape index (κ2) is 4.35. The molecule has 2 heterocycles. The molecule has 1 aromatic heterocycles. The number of fused-ring (bicyclic) bond motifs is 1. The van der Waals surface area contributed by atoms with E-state index in [0.717, 1.165) is 42.1 Å². The van der Waals surface area contributed by atoms with Gasteiger partial charge in [0.2, 0.25) is 5.91 Å². The van der Waals surface area contributed by atoms with Gasteiger partial charge in [-0.15, -0.1) is 0 Å². The summed E-state index contributed by atoms with van der Waals surface area (Å²) < 4.78 is 0. The van der Waals surface area contributed by atoms with Crippen LogP contribution in [0.2, 0.25) is 0 Å². The lowest BCUT2D eigenvalue weighted by atomic mass is 9.89. The zero-order valence-corrected chi connectivity index (χ0v) is 11.2. The van der Waals surface area contributed by atoms with Gasteiger partial charge in [0.25, 0.3) is 0 Å². The largest absolute Gasteiger partial charge is 0.342 e. The van der Waals surface area contributed by atoms with E-state index in [1.807, 2.05) is 32.0 Å². The number of aromatic amines is 1. The van der Waals surface area contributed by atoms with Gasteiger partial charge in [0.15, 0.2) is 0 Å². The zero-order valence-electron chi connectivity index (χ0n) is 11.2. The van der Waals surface area contributed by atoms with Gasteiger partial charge >= 0.3 is 0 Å². The van der Waals surface area contributed by atoms with Crippen LogP contribution in [0.1, 0.15) is 19.2 Å². The second-order valence-electron chi connectivity index (χ2n) is 5.50. The van der Waals surface area contributed by atoms with Crippen molar-refractivity contribution in [3.8, 4) is 0 Å². The minimum Gasteiger partial charge on any atom is -0.342 e. The van der Waals surface area contributed by atoms with Crippen molar-refractivity contribution in [1.29, 1.82) is 0 Å². The van der Waals surface area contributed by atoms with E-state index >= 15 is 0 Å². The van der Waals surface area contributed by atoms with Crippen LogP contribution in [0.3, 0.4) is 0 Å². The number of nitrogens with zero attached hydrogens (tertiary/aromatic N) is 1. The van der Waals surface area contributed by atoms with Gasteiger partial charge in [0, 0.05) is 12.2 Å². The van der Waals surface area contributed by atoms with Crippen molar-refractivity contribution in [2.45, 2.75) is 20.3 Å². The third kappa shape index (κ3) is 2.21. The maximum atomic E-state index is 12.3. The third-order valence-electron chi connectivity index (χ3n) is 3.78. The van der Waals surface area contributed by atoms with Crippen LogP contribution < -0.4 is 10.6 Å². The molecule has 0 radical (unpaired) electrons. The highest BCUT2D eigenvalue weighted by atomic mass is 16.2. The maximum absolute atomic E-state index is 12.3. The smallest absolute Gasteiger partial charge is 0.231 e. The highest BCUT2D eigenvalue weighted by molar-refractivity contribution is 5.97. The Bertz CT molecular complexity index is 625. The van der Waals surface area contributed by atoms with Crippen LogP contribution in [-0.4, -0.2) is 29.0 Å². The molecule has 1 fully saturated rings. The molecule has 1 amide bonds. The van der Waals surface area contributed by atoms with E-state index in [0.29, 0.717) is 0 Å². The van der Waals surface area contributed by atoms with Crippen LogP contribution in [0.15, 0.2) is 18.2 Å². The number of imidazole rings is 1. The summed E-state index contributed by atoms with van der Waals surface area (Å²) in [6, 6.07) is 5.74. The number of amides is 1. The fourth-order valence-corrected chi connectivity index (χ4v) is 2.51. The number of hydrogen-bond donors (Lipinski definition) is 3. The van der Waals surface area contributed by atoms with Crippen molar-refractivity contribution in [3.63, 3.8) is 0 Å². The molecule has 19 heavy (non-hydrogen) atoms. The lowest BCUT2D eigenvalue weighted by Gasteiger charge is -2.21. The van der Waals surface area contributed by atoms with Crippen molar-refractivity contribution in [3.05, 3.63) is 24.0 Å². The molecule has 1 aliphatic rings. The van der Waals surface area contributed by atoms with Crippen molar-refractivity contribution in [1.82, 2.24) is 15.3 Å². The topological polar surface area (TPSA) is 69.8 Å². The Morgan fingerprint density at radius 1 is 1.47 bits per heavy atom. The number of rotatable bonds is 2. The van der Waals surface area contributed by atoms with Crippen molar-refractivity contribution >= 4 is 22.6 Å². The molecule has 0 spiro atoms. The van der Waals surface area contributed by atoms with Gasteiger partial charge in [0.1, 0.15) is 5.82 Å². The zero-order chi connectivity index (χ0) is 13.5. The van der Waals surface area contributed by atoms with E-state index in [4.69, 9.17) is 0 Å². The Hall–Kier alpha value is -1.88. The van der Waals surface area contributed by atoms with Gasteiger partial charge in [-0.2, -0.15) is 0 Å². The fraction of sp³-hybridized carbons (Fsp3) is 0.429. The summed E-state index contributed by atoms with van der Waals surface area (Å²) in [6.45, 7) is 5.57. The Balaban J connectivity index is 1.82. The first-order valence-corrected chi connectivity index (χ1v) is 6.55. The highest BCUT2D eigenvalue weighted by Crippen LogP contribution is 2.27. The van der Waals surface area contributed by atoms with E-state index in [2.05, 4.69) is 20.6 Å². The van der Waals surface area contributed by atoms with Gasteiger partial charge in [-0.1, -0.05) is 0 Å². The van der Waals surface area contributed by atoms with E-state index in [1.165, 1.54) is 0 Å². The molecule has 1 unspecified atom stereocenters. The number of aromatic nitrogens is 2. The Labute approximate surface area is 111 Å². The lowest BCUT2D eigenvalue weighted by molar-refractivity contribution is -0.123. The number of nitrogens with one attached hydrogen (secondary N) is 3. The summed E-state index contributed by atoms with van der Waals surface area (Å²) >= 11 is 0. The van der Waals surface area contributed by atoms with Crippen LogP contribution in [0.4, 0.5) is 5.69 Å². The number of H-pyrrole nitrogens is 1. The summed E-state index contributed by atoms with van der Waals surface area (Å²) in [7, 11) is 0. The minimum atomic E-state index is -0.307. The molecule has 1 atom stereocenters. The monoisotopic (exact) mass is 258 g/mol. The van der Waals surface area contributed by atoms with Crippen molar-refractivity contribution < 1.29 is 4.79 Å². The first-order valence-electron chi connectivity index (χ1n) is 6.55. The third-order valence-corrected chi connectivity index (χ3v) is 3.78. The van der Waals surface area contributed by atoms with Crippen LogP contribution in [0, 0.1) is 12.3 Å². The summed E-state index contributed by atoms with van der Waals surface area (Å²) in [5.74, 6) is 0.957. The molecule has 1 aliphatic heterocycles. The van der Waals surface area contributed by atoms with Crippen molar-refractivity contribution in [2.24, 2.45) is 5.41 Å². The molecule has 1 aromatic carbocycles. The second-order valence-corrected chi connectivity index (χ2v) is 5.50. The Kier molecular flexibility index (Phi) is 2.78. The number of anilines is 1. The number of carbonyl (C=O) groups is 1. The molecule has 2 aromatic rings. The SMILES string of the molecule is Cc1nc2ccc(NC(=O)C3(C)CCNC3)cc2[nH]1. The predicted molar refractivity (Wildman–Crippen MR) is 75.1 cm³/mol. The average molecular weight is 258 g/mol. The van der Waals surface area contributed by atoms with Crippen LogP contribution in [-0.2, 0) is 4.79 Å². The van der Waals surface area contributed by atoms with Crippen LogP contribution in [0.25, 0.3) is 11.0 Å². The molecule has 0 saturated carbocycles. The summed E-state index contributed by atoms with van der Waals surface area (Å²) in [5, 5.41) is 6.23. The molecule has 3 rings (SSSR count). The molecule has 0 bridgehead atoms. The van der Waals surface area contributed by atoms with E-state index in [9.17, 15) is 4.79 Å². The fourth-order valence-electron chi connectivity index (χ4n) is 2.51. The maximum Gasteiger partial charge on any atom is 0.231 e. The van der Waals surface area contributed by atoms with Crippen LogP contribution in [0.5, 0.6) is 0 Å². The highest BCUT2D eigenvalue weighted by Gasteiger charge is 2.36. The van der Waals surface area contributed by atoms with Crippen LogP contribution >= 0.6 is 0 Å². The standard InChI is InChI=1S/C14H18N4O/c1-9-16-11-4-3-10(7-12(11)17-9)18-13(19)14(2)5-6-15-8-14/h3-4,7,15H,5-6,8H2,1-2H3,(H,16,17)(H,18,19). The number of aryl methyl sites for hydroxylation is 1. The molecule has 100 valence electrons. The molecular formula is C14H18N4O. The van der Waals surface area contributed by atoms with E-state index in [1.54, 1.807) is 0 Å². The molecule has 1 saturated heterocycles. The normalized spacial score (nSPS) is 22.8. The van der Waals surface area contributed by atoms with Gasteiger partial charge in [-0.05, 0) is 45.0 Å². The van der Waals surface area contributed by atoms with Gasteiger partial charge in [0.05, 0.1) is 16.4 Å². The molecule has 5 heteroatoms. The summed E-state index contributed by atoms with van der Waals surface area (Å²) in [5.41, 5.74) is 2.38. The summed E-state index contributed by atoms with van der Waals surface area (Å²) in [6.07, 6.45) is 0.879. The quantitative estimate of drug-likeness (QED) is 0.769. The Morgan fingerprint density at radius 2 is 2.32 bits per heavy atom. The lowest BCUT2D eigenvalue weighted by Crippen LogP contribution is -2.35. The molecule has 3 N–H and O–H groups in total. The van der Waals surface area contributed by atoms with Gasteiger partial charge in [-0.3, -0.25) is 4.79 Å². The molecular weight excluding hydrogens is 240 g/mol.